The van der Waals surface area contributed by atoms with E-state index in [-0.39, 0.29) is 39.1 Å². The first-order chi connectivity index (χ1) is 19.5. The summed E-state index contributed by atoms with van der Waals surface area (Å²) >= 11 is 12.5. The molecule has 4 rings (SSSR count). The summed E-state index contributed by atoms with van der Waals surface area (Å²) in [6.07, 6.45) is 5.07. The molecule has 1 aliphatic rings. The molecule has 0 aliphatic heterocycles. The highest BCUT2D eigenvalue weighted by Gasteiger charge is 2.33. The summed E-state index contributed by atoms with van der Waals surface area (Å²) in [6.45, 7) is 3.22. The molecule has 2 amide bonds. The molecule has 0 aromatic heterocycles. The second kappa shape index (κ2) is 13.7. The van der Waals surface area contributed by atoms with Gasteiger partial charge in [-0.1, -0.05) is 90.5 Å². The molecule has 0 heterocycles. The van der Waals surface area contributed by atoms with Crippen molar-refractivity contribution in [2.75, 3.05) is 10.8 Å². The molecule has 1 saturated carbocycles. The van der Waals surface area contributed by atoms with Crippen LogP contribution in [0.15, 0.2) is 77.7 Å². The number of aryl methyl sites for hydroxylation is 1. The van der Waals surface area contributed by atoms with Crippen LogP contribution in [0.5, 0.6) is 0 Å². The summed E-state index contributed by atoms with van der Waals surface area (Å²) in [5.41, 5.74) is 2.03. The summed E-state index contributed by atoms with van der Waals surface area (Å²) < 4.78 is 28.7. The molecule has 0 spiro atoms. The lowest BCUT2D eigenvalue weighted by molar-refractivity contribution is -0.139. The Morgan fingerprint density at radius 3 is 2.15 bits per heavy atom. The van der Waals surface area contributed by atoms with Gasteiger partial charge in [-0.25, -0.2) is 8.42 Å². The zero-order valence-corrected chi connectivity index (χ0v) is 25.6. The zero-order chi connectivity index (χ0) is 29.6. The molecule has 41 heavy (non-hydrogen) atoms. The highest BCUT2D eigenvalue weighted by atomic mass is 35.5. The lowest BCUT2D eigenvalue weighted by Gasteiger charge is -2.33. The number of hydrogen-bond donors (Lipinski definition) is 1. The Morgan fingerprint density at radius 1 is 0.927 bits per heavy atom. The number of nitrogens with one attached hydrogen (secondary N) is 1. The maximum Gasteiger partial charge on any atom is 0.264 e. The van der Waals surface area contributed by atoms with Gasteiger partial charge in [-0.2, -0.15) is 0 Å². The molecule has 1 unspecified atom stereocenters. The van der Waals surface area contributed by atoms with Gasteiger partial charge in [-0.3, -0.25) is 13.9 Å². The van der Waals surface area contributed by atoms with Gasteiger partial charge in [-0.05, 0) is 62.6 Å². The third-order valence-electron chi connectivity index (χ3n) is 7.34. The molecule has 1 atom stereocenters. The van der Waals surface area contributed by atoms with Gasteiger partial charge in [0.25, 0.3) is 10.0 Å². The van der Waals surface area contributed by atoms with Crippen molar-refractivity contribution in [1.82, 2.24) is 10.2 Å². The molecule has 0 radical (unpaired) electrons. The number of halogens is 2. The van der Waals surface area contributed by atoms with Crippen LogP contribution in [0.3, 0.4) is 0 Å². The van der Waals surface area contributed by atoms with E-state index < -0.39 is 28.5 Å². The maximum atomic E-state index is 14.1. The first-order valence-corrected chi connectivity index (χ1v) is 15.9. The Morgan fingerprint density at radius 2 is 1.54 bits per heavy atom. The summed E-state index contributed by atoms with van der Waals surface area (Å²) in [4.78, 5) is 28.9. The van der Waals surface area contributed by atoms with Crippen molar-refractivity contribution in [3.63, 3.8) is 0 Å². The molecule has 0 saturated heterocycles. The fourth-order valence-corrected chi connectivity index (χ4v) is 6.91. The molecule has 1 N–H and O–H groups in total. The van der Waals surface area contributed by atoms with Crippen molar-refractivity contribution < 1.29 is 18.0 Å². The lowest BCUT2D eigenvalue weighted by atomic mass is 9.95. The smallest absolute Gasteiger partial charge is 0.264 e. The summed E-state index contributed by atoms with van der Waals surface area (Å²) in [6, 6.07) is 19.1. The van der Waals surface area contributed by atoms with Gasteiger partial charge in [-0.15, -0.1) is 0 Å². The number of hydrogen-bond acceptors (Lipinski definition) is 4. The van der Waals surface area contributed by atoms with Gasteiger partial charge in [0.2, 0.25) is 11.8 Å². The monoisotopic (exact) mass is 615 g/mol. The van der Waals surface area contributed by atoms with Crippen LogP contribution in [0.25, 0.3) is 0 Å². The quantitative estimate of drug-likeness (QED) is 0.287. The van der Waals surface area contributed by atoms with Gasteiger partial charge < -0.3 is 10.2 Å². The first-order valence-electron chi connectivity index (χ1n) is 13.7. The largest absolute Gasteiger partial charge is 0.352 e. The number of rotatable bonds is 10. The molecule has 1 aliphatic carbocycles. The fourth-order valence-electron chi connectivity index (χ4n) is 4.97. The maximum absolute atomic E-state index is 14.1. The van der Waals surface area contributed by atoms with Crippen molar-refractivity contribution in [2.45, 2.75) is 69.5 Å². The van der Waals surface area contributed by atoms with Crippen LogP contribution in [-0.2, 0) is 26.2 Å². The van der Waals surface area contributed by atoms with Crippen LogP contribution in [0, 0.1) is 6.92 Å². The van der Waals surface area contributed by atoms with Gasteiger partial charge in [0.15, 0.2) is 0 Å². The molecule has 3 aromatic rings. The molecule has 10 heteroatoms. The summed E-state index contributed by atoms with van der Waals surface area (Å²) in [5.74, 6) is -0.798. The van der Waals surface area contributed by atoms with Crippen LogP contribution in [0.4, 0.5) is 5.69 Å². The minimum atomic E-state index is -4.20. The van der Waals surface area contributed by atoms with Crippen molar-refractivity contribution >= 4 is 50.7 Å². The number of nitrogens with zero attached hydrogens (tertiary/aromatic N) is 2. The van der Waals surface area contributed by atoms with Crippen molar-refractivity contribution in [3.8, 4) is 0 Å². The van der Waals surface area contributed by atoms with E-state index in [4.69, 9.17) is 23.2 Å². The van der Waals surface area contributed by atoms with Crippen molar-refractivity contribution in [1.29, 1.82) is 0 Å². The van der Waals surface area contributed by atoms with Crippen LogP contribution < -0.4 is 9.62 Å². The average Bonchev–Trinajstić information content (AvgIpc) is 2.95. The molecule has 7 nitrogen and oxygen atoms in total. The lowest BCUT2D eigenvalue weighted by Crippen LogP contribution is -2.53. The number of benzene rings is 3. The Kier molecular flexibility index (Phi) is 10.3. The van der Waals surface area contributed by atoms with Crippen LogP contribution in [0.2, 0.25) is 10.0 Å². The zero-order valence-electron chi connectivity index (χ0n) is 23.2. The summed E-state index contributed by atoms with van der Waals surface area (Å²) in [5, 5.41) is 3.56. The second-order valence-electron chi connectivity index (χ2n) is 10.5. The molecule has 3 aromatic carbocycles. The third kappa shape index (κ3) is 8.03. The number of sulfonamides is 1. The van der Waals surface area contributed by atoms with E-state index in [1.54, 1.807) is 25.1 Å². The molecule has 218 valence electrons. The minimum absolute atomic E-state index is 0.0112. The second-order valence-corrected chi connectivity index (χ2v) is 13.2. The Hall–Kier alpha value is -3.07. The number of carbonyl (C=O) groups excluding carboxylic acids is 2. The van der Waals surface area contributed by atoms with Crippen LogP contribution >= 0.6 is 23.2 Å². The van der Waals surface area contributed by atoms with Crippen molar-refractivity contribution in [2.24, 2.45) is 0 Å². The Bertz CT molecular complexity index is 1440. The van der Waals surface area contributed by atoms with Crippen LogP contribution in [0.1, 0.15) is 50.2 Å². The molecule has 0 bridgehead atoms. The van der Waals surface area contributed by atoms with Gasteiger partial charge in [0.1, 0.15) is 12.6 Å². The normalized spacial score (nSPS) is 14.7. The topological polar surface area (TPSA) is 86.8 Å². The SMILES string of the molecule is Cc1ccc(CN(C(=O)CN(c2cc(Cl)cc(Cl)c2)S(=O)(=O)c2ccccc2)C(C)C(=O)NC2CCCCC2)cc1. The van der Waals surface area contributed by atoms with E-state index >= 15 is 0 Å². The Balaban J connectivity index is 1.68. The number of anilines is 1. The third-order valence-corrected chi connectivity index (χ3v) is 9.56. The van der Waals surface area contributed by atoms with E-state index in [0.29, 0.717) is 0 Å². The fraction of sp³-hybridized carbons (Fsp3) is 0.355. The van der Waals surface area contributed by atoms with E-state index in [9.17, 15) is 18.0 Å². The molecule has 1 fully saturated rings. The minimum Gasteiger partial charge on any atom is -0.352 e. The van der Waals surface area contributed by atoms with Crippen molar-refractivity contribution in [3.05, 3.63) is 94.0 Å². The average molecular weight is 617 g/mol. The standard InChI is InChI=1S/C31H35Cl2N3O4S/c1-22-13-15-24(16-14-22)20-35(23(2)31(38)34-27-9-5-3-6-10-27)30(37)21-36(28-18-25(32)17-26(33)19-28)41(39,40)29-11-7-4-8-12-29/h4,7-8,11-19,23,27H,3,5-6,9-10,20-21H2,1-2H3,(H,34,38). The Labute approximate surface area is 252 Å². The first kappa shape index (κ1) is 30.9. The number of carbonyl (C=O) groups is 2. The van der Waals surface area contributed by atoms with E-state index in [2.05, 4.69) is 5.32 Å². The molecular formula is C31H35Cl2N3O4S. The van der Waals surface area contributed by atoms with Gasteiger partial charge in [0, 0.05) is 22.6 Å². The molecular weight excluding hydrogens is 581 g/mol. The summed E-state index contributed by atoms with van der Waals surface area (Å²) in [7, 11) is -4.20. The van der Waals surface area contributed by atoms with Crippen LogP contribution in [-0.4, -0.2) is 43.8 Å². The van der Waals surface area contributed by atoms with E-state index in [1.807, 2.05) is 31.2 Å². The predicted octanol–water partition coefficient (Wildman–Crippen LogP) is 6.36. The highest BCUT2D eigenvalue weighted by Crippen LogP contribution is 2.30. The van der Waals surface area contributed by atoms with E-state index in [0.717, 1.165) is 47.5 Å². The number of amides is 2. The van der Waals surface area contributed by atoms with Gasteiger partial charge >= 0.3 is 0 Å². The predicted molar refractivity (Wildman–Crippen MR) is 164 cm³/mol. The van der Waals surface area contributed by atoms with E-state index in [1.165, 1.54) is 35.2 Å². The van der Waals surface area contributed by atoms with Gasteiger partial charge in [0.05, 0.1) is 10.6 Å². The highest BCUT2D eigenvalue weighted by molar-refractivity contribution is 7.92.